The van der Waals surface area contributed by atoms with Gasteiger partial charge in [0, 0.05) is 5.69 Å². The summed E-state index contributed by atoms with van der Waals surface area (Å²) in [7, 11) is 0. The van der Waals surface area contributed by atoms with E-state index in [2.05, 4.69) is 22.1 Å². The molecule has 1 heterocycles. The monoisotopic (exact) mass is 206 g/mol. The molecular weight excluding hydrogens is 196 g/mol. The summed E-state index contributed by atoms with van der Waals surface area (Å²) in [5, 5.41) is 11.2. The van der Waals surface area contributed by atoms with Gasteiger partial charge in [0.2, 0.25) is 0 Å². The molecule has 0 unspecified atom stereocenters. The lowest BCUT2D eigenvalue weighted by molar-refractivity contribution is -0.111. The minimum absolute atomic E-state index is 0.0428. The normalized spacial score (nSPS) is 8.93. The van der Waals surface area contributed by atoms with Gasteiger partial charge in [-0.05, 0) is 25.8 Å². The van der Waals surface area contributed by atoms with Crippen molar-refractivity contribution in [3.05, 3.63) is 17.5 Å². The van der Waals surface area contributed by atoms with Gasteiger partial charge < -0.3 is 15.4 Å². The molecule has 0 atom stereocenters. The molecular formula is C10H10N2O3. The molecule has 0 bridgehead atoms. The first-order chi connectivity index (χ1) is 7.04. The number of hydrogen-bond donors (Lipinski definition) is 3. The third kappa shape index (κ3) is 2.61. The van der Waals surface area contributed by atoms with Crippen molar-refractivity contribution in [1.82, 2.24) is 4.98 Å². The van der Waals surface area contributed by atoms with Crippen molar-refractivity contribution < 1.29 is 14.7 Å². The molecule has 0 radical (unpaired) electrons. The smallest absolute Gasteiger partial charge is 0.354 e. The highest BCUT2D eigenvalue weighted by Crippen LogP contribution is 2.16. The molecule has 0 aliphatic carbocycles. The van der Waals surface area contributed by atoms with Crippen LogP contribution in [0.2, 0.25) is 0 Å². The lowest BCUT2D eigenvalue weighted by Gasteiger charge is -1.98. The van der Waals surface area contributed by atoms with Gasteiger partial charge in [0.25, 0.3) is 5.91 Å². The minimum atomic E-state index is -1.12. The number of carbonyl (C=O) groups excluding carboxylic acids is 1. The predicted octanol–water partition coefficient (Wildman–Crippen LogP) is 0.983. The number of carboxylic acid groups (broad SMARTS) is 1. The van der Waals surface area contributed by atoms with Gasteiger partial charge in [-0.1, -0.05) is 5.92 Å². The molecule has 1 rings (SSSR count). The molecule has 0 aromatic carbocycles. The number of amides is 1. The van der Waals surface area contributed by atoms with E-state index in [0.717, 1.165) is 0 Å². The zero-order chi connectivity index (χ0) is 11.4. The fourth-order valence-corrected chi connectivity index (χ4v) is 1.12. The second-order valence-electron chi connectivity index (χ2n) is 2.88. The summed E-state index contributed by atoms with van der Waals surface area (Å²) < 4.78 is 0. The third-order valence-electron chi connectivity index (χ3n) is 1.65. The summed E-state index contributed by atoms with van der Waals surface area (Å²) in [5.74, 6) is 3.04. The number of aromatic nitrogens is 1. The third-order valence-corrected chi connectivity index (χ3v) is 1.65. The van der Waals surface area contributed by atoms with E-state index in [4.69, 9.17) is 5.11 Å². The number of anilines is 1. The Kier molecular flexibility index (Phi) is 3.13. The van der Waals surface area contributed by atoms with E-state index in [1.807, 2.05) is 0 Å². The van der Waals surface area contributed by atoms with Crippen LogP contribution in [-0.2, 0) is 4.79 Å². The van der Waals surface area contributed by atoms with E-state index in [1.165, 1.54) is 6.92 Å². The van der Waals surface area contributed by atoms with Crippen LogP contribution >= 0.6 is 0 Å². The number of aryl methyl sites for hydroxylation is 1. The predicted molar refractivity (Wildman–Crippen MR) is 54.6 cm³/mol. The van der Waals surface area contributed by atoms with Gasteiger partial charge in [0.1, 0.15) is 5.69 Å². The molecule has 0 saturated heterocycles. The summed E-state index contributed by atoms with van der Waals surface area (Å²) in [6.45, 7) is 3.23. The van der Waals surface area contributed by atoms with Gasteiger partial charge in [0.15, 0.2) is 0 Å². The van der Waals surface area contributed by atoms with Crippen LogP contribution in [0.3, 0.4) is 0 Å². The summed E-state index contributed by atoms with van der Waals surface area (Å²) in [6, 6.07) is 1.54. The van der Waals surface area contributed by atoms with Gasteiger partial charge in [-0.25, -0.2) is 4.79 Å². The summed E-state index contributed by atoms with van der Waals surface area (Å²) in [5.41, 5.74) is 0.846. The highest BCUT2D eigenvalue weighted by molar-refractivity contribution is 6.07. The Balaban J connectivity index is 2.97. The average molecular weight is 206 g/mol. The van der Waals surface area contributed by atoms with Gasteiger partial charge in [-0.2, -0.15) is 0 Å². The van der Waals surface area contributed by atoms with Crippen LogP contribution in [0.15, 0.2) is 6.07 Å². The fourth-order valence-electron chi connectivity index (χ4n) is 1.12. The van der Waals surface area contributed by atoms with E-state index >= 15 is 0 Å². The first kappa shape index (κ1) is 10.9. The molecule has 1 aromatic heterocycles. The number of hydrogen-bond acceptors (Lipinski definition) is 2. The molecule has 5 heteroatoms. The van der Waals surface area contributed by atoms with Crippen LogP contribution in [0, 0.1) is 18.8 Å². The molecule has 0 spiro atoms. The van der Waals surface area contributed by atoms with Crippen molar-refractivity contribution in [2.75, 3.05) is 5.32 Å². The number of nitrogens with one attached hydrogen (secondary N) is 2. The van der Waals surface area contributed by atoms with Crippen molar-refractivity contribution in [2.45, 2.75) is 13.8 Å². The first-order valence-electron chi connectivity index (χ1n) is 4.21. The largest absolute Gasteiger partial charge is 0.477 e. The molecule has 0 saturated carbocycles. The number of carboxylic acids is 1. The summed E-state index contributed by atoms with van der Waals surface area (Å²) in [6.07, 6.45) is 0. The Labute approximate surface area is 86.5 Å². The molecule has 0 fully saturated rings. The van der Waals surface area contributed by atoms with Crippen molar-refractivity contribution in [1.29, 1.82) is 0 Å². The van der Waals surface area contributed by atoms with E-state index < -0.39 is 11.9 Å². The van der Waals surface area contributed by atoms with E-state index in [1.54, 1.807) is 13.0 Å². The molecule has 3 N–H and O–H groups in total. The Morgan fingerprint density at radius 2 is 2.20 bits per heavy atom. The van der Waals surface area contributed by atoms with Gasteiger partial charge in [-0.3, -0.25) is 4.79 Å². The number of carbonyl (C=O) groups is 2. The molecule has 5 nitrogen and oxygen atoms in total. The van der Waals surface area contributed by atoms with Crippen LogP contribution in [0.1, 0.15) is 23.1 Å². The Bertz CT molecular complexity index is 463. The van der Waals surface area contributed by atoms with Crippen molar-refractivity contribution >= 4 is 17.6 Å². The average Bonchev–Trinajstić information content (AvgIpc) is 2.47. The Hall–Kier alpha value is -2.22. The quantitative estimate of drug-likeness (QED) is 0.631. The molecule has 0 aliphatic heterocycles. The molecule has 15 heavy (non-hydrogen) atoms. The van der Waals surface area contributed by atoms with Crippen molar-refractivity contribution in [3.8, 4) is 11.8 Å². The lowest BCUT2D eigenvalue weighted by Crippen LogP contribution is -2.11. The maximum atomic E-state index is 11.1. The molecule has 1 amide bonds. The number of rotatable bonds is 2. The Morgan fingerprint density at radius 3 is 2.73 bits per heavy atom. The van der Waals surface area contributed by atoms with E-state index in [9.17, 15) is 9.59 Å². The highest BCUT2D eigenvalue weighted by atomic mass is 16.4. The zero-order valence-corrected chi connectivity index (χ0v) is 8.34. The zero-order valence-electron chi connectivity index (χ0n) is 8.34. The first-order valence-corrected chi connectivity index (χ1v) is 4.21. The van der Waals surface area contributed by atoms with E-state index in [-0.39, 0.29) is 11.4 Å². The molecule has 0 aliphatic rings. The van der Waals surface area contributed by atoms with Crippen LogP contribution in [-0.4, -0.2) is 22.0 Å². The van der Waals surface area contributed by atoms with Crippen molar-refractivity contribution in [3.63, 3.8) is 0 Å². The summed E-state index contributed by atoms with van der Waals surface area (Å²) >= 11 is 0. The summed E-state index contributed by atoms with van der Waals surface area (Å²) in [4.78, 5) is 24.5. The van der Waals surface area contributed by atoms with Crippen LogP contribution in [0.5, 0.6) is 0 Å². The number of H-pyrrole nitrogens is 1. The standard InChI is InChI=1S/C10H10N2O3/c1-3-4-8(13)12-7-5-6(2)11-9(7)10(14)15/h5,11H,1-2H3,(H,12,13)(H,14,15). The minimum Gasteiger partial charge on any atom is -0.477 e. The van der Waals surface area contributed by atoms with Gasteiger partial charge in [0.05, 0.1) is 5.69 Å². The van der Waals surface area contributed by atoms with Gasteiger partial charge >= 0.3 is 5.97 Å². The van der Waals surface area contributed by atoms with Gasteiger partial charge in [-0.15, -0.1) is 0 Å². The Morgan fingerprint density at radius 1 is 1.53 bits per heavy atom. The maximum absolute atomic E-state index is 11.1. The SMILES string of the molecule is CC#CC(=O)Nc1cc(C)[nH]c1C(=O)O. The second kappa shape index (κ2) is 4.33. The topological polar surface area (TPSA) is 82.2 Å². The molecule has 1 aromatic rings. The van der Waals surface area contributed by atoms with Crippen LogP contribution in [0.25, 0.3) is 0 Å². The highest BCUT2D eigenvalue weighted by Gasteiger charge is 2.14. The van der Waals surface area contributed by atoms with Crippen molar-refractivity contribution in [2.24, 2.45) is 0 Å². The van der Waals surface area contributed by atoms with Crippen LogP contribution in [0.4, 0.5) is 5.69 Å². The number of aromatic amines is 1. The van der Waals surface area contributed by atoms with E-state index in [0.29, 0.717) is 5.69 Å². The molecule has 78 valence electrons. The lowest BCUT2D eigenvalue weighted by atomic mass is 10.3. The maximum Gasteiger partial charge on any atom is 0.354 e. The second-order valence-corrected chi connectivity index (χ2v) is 2.88. The fraction of sp³-hybridized carbons (Fsp3) is 0.200. The van der Waals surface area contributed by atoms with Crippen LogP contribution < -0.4 is 5.32 Å². The number of aromatic carboxylic acids is 1.